The Morgan fingerprint density at radius 3 is 2.13 bits per heavy atom. The predicted molar refractivity (Wildman–Crippen MR) is 144 cm³/mol. The van der Waals surface area contributed by atoms with Gasteiger partial charge < -0.3 is 23.4 Å². The minimum absolute atomic E-state index is 0.202. The van der Waals surface area contributed by atoms with Crippen LogP contribution in [0.15, 0.2) is 77.7 Å². The third-order valence-electron chi connectivity index (χ3n) is 7.65. The summed E-state index contributed by atoms with van der Waals surface area (Å²) >= 11 is 0. The Kier molecular flexibility index (Phi) is 6.12. The average Bonchev–Trinajstić information content (AvgIpc) is 3.31. The van der Waals surface area contributed by atoms with E-state index in [0.717, 1.165) is 0 Å². The van der Waals surface area contributed by atoms with E-state index in [9.17, 15) is 4.79 Å². The van der Waals surface area contributed by atoms with E-state index in [-0.39, 0.29) is 35.4 Å². The van der Waals surface area contributed by atoms with E-state index in [1.54, 1.807) is 10.8 Å². The lowest BCUT2D eigenvalue weighted by atomic mass is 10.1. The Morgan fingerprint density at radius 1 is 0.921 bits per heavy atom. The molecule has 2 saturated heterocycles. The first-order valence-electron chi connectivity index (χ1n) is 13.1. The van der Waals surface area contributed by atoms with Crippen molar-refractivity contribution < 1.29 is 23.4 Å². The van der Waals surface area contributed by atoms with E-state index in [4.69, 9.17) is 23.4 Å². The Balaban J connectivity index is 1.42. The number of ether oxygens (including phenoxy) is 4. The van der Waals surface area contributed by atoms with Crippen LogP contribution in [-0.4, -0.2) is 54.7 Å². The minimum atomic E-state index is -2.84. The van der Waals surface area contributed by atoms with Crippen LogP contribution in [-0.2, 0) is 18.6 Å². The van der Waals surface area contributed by atoms with Gasteiger partial charge in [0, 0.05) is 12.3 Å². The van der Waals surface area contributed by atoms with Crippen molar-refractivity contribution >= 4 is 18.7 Å². The van der Waals surface area contributed by atoms with Gasteiger partial charge in [-0.05, 0) is 29.3 Å². The molecule has 3 aromatic rings. The molecule has 200 valence electrons. The first kappa shape index (κ1) is 25.5. The van der Waals surface area contributed by atoms with Gasteiger partial charge in [-0.1, -0.05) is 81.4 Å². The van der Waals surface area contributed by atoms with Crippen molar-refractivity contribution in [2.75, 3.05) is 6.61 Å². The van der Waals surface area contributed by atoms with Crippen molar-refractivity contribution in [1.82, 2.24) is 9.55 Å². The lowest BCUT2D eigenvalue weighted by Gasteiger charge is -2.44. The Bertz CT molecular complexity index is 1320. The topological polar surface area (TPSA) is 81.0 Å². The zero-order valence-electron chi connectivity index (χ0n) is 22.4. The molecule has 2 fully saturated rings. The van der Waals surface area contributed by atoms with Crippen LogP contribution >= 0.6 is 0 Å². The number of benzene rings is 2. The largest absolute Gasteiger partial charge is 0.456 e. The molecule has 0 N–H and O–H groups in total. The highest BCUT2D eigenvalue weighted by molar-refractivity contribution is 6.99. The van der Waals surface area contributed by atoms with Gasteiger partial charge in [-0.15, -0.1) is 0 Å². The highest BCUT2D eigenvalue weighted by Gasteiger charge is 2.61. The molecule has 38 heavy (non-hydrogen) atoms. The van der Waals surface area contributed by atoms with Crippen LogP contribution in [0.25, 0.3) is 0 Å². The second kappa shape index (κ2) is 9.13. The quantitative estimate of drug-likeness (QED) is 0.466. The normalized spacial score (nSPS) is 27.8. The molecule has 8 nitrogen and oxygen atoms in total. The minimum Gasteiger partial charge on any atom is -0.456 e. The summed E-state index contributed by atoms with van der Waals surface area (Å²) in [5.41, 5.74) is -0.374. The summed E-state index contributed by atoms with van der Waals surface area (Å²) in [6.07, 6.45) is -0.633. The molecule has 5 atom stereocenters. The second-order valence-corrected chi connectivity index (χ2v) is 15.9. The molecule has 2 bridgehead atoms. The van der Waals surface area contributed by atoms with Crippen LogP contribution in [0, 0.1) is 0 Å². The molecule has 3 aliphatic rings. The monoisotopic (exact) mass is 534 g/mol. The summed E-state index contributed by atoms with van der Waals surface area (Å²) in [5, 5.41) is 2.14. The van der Waals surface area contributed by atoms with Gasteiger partial charge in [0.05, 0.1) is 6.61 Å². The molecule has 2 aromatic carbocycles. The number of rotatable bonds is 5. The highest BCUT2D eigenvalue weighted by atomic mass is 28.4. The number of aromatic nitrogens is 2. The molecule has 0 unspecified atom stereocenters. The molecule has 3 aliphatic heterocycles. The van der Waals surface area contributed by atoms with E-state index in [1.165, 1.54) is 16.4 Å². The number of fused-ring (bicyclic) bond motifs is 7. The fraction of sp³-hybridized carbons (Fsp3) is 0.448. The van der Waals surface area contributed by atoms with Crippen molar-refractivity contribution in [2.24, 2.45) is 0 Å². The second-order valence-electron chi connectivity index (χ2n) is 11.6. The molecule has 0 saturated carbocycles. The molecule has 6 rings (SSSR count). The maximum atomic E-state index is 12.2. The summed E-state index contributed by atoms with van der Waals surface area (Å²) in [5.74, 6) is -0.768. The SMILES string of the molecule is CC1(C)O[C@H]2[C@@H](O1)[C@H]1O[C@@H]2[C@H](CO[Si](c2ccccc2)(c2ccccc2)C(C)(C)C)Oc2nc(=O)ccn21. The highest BCUT2D eigenvalue weighted by Crippen LogP contribution is 2.47. The van der Waals surface area contributed by atoms with E-state index in [2.05, 4.69) is 74.3 Å². The smallest absolute Gasteiger partial charge is 0.302 e. The zero-order chi connectivity index (χ0) is 26.7. The van der Waals surface area contributed by atoms with Crippen molar-refractivity contribution in [1.29, 1.82) is 0 Å². The molecule has 0 radical (unpaired) electrons. The number of hydrogen-bond donors (Lipinski definition) is 0. The van der Waals surface area contributed by atoms with Crippen molar-refractivity contribution in [3.63, 3.8) is 0 Å². The first-order chi connectivity index (χ1) is 18.1. The Morgan fingerprint density at radius 2 is 1.53 bits per heavy atom. The van der Waals surface area contributed by atoms with Gasteiger partial charge in [0.1, 0.15) is 18.3 Å². The van der Waals surface area contributed by atoms with Gasteiger partial charge in [-0.2, -0.15) is 4.98 Å². The third-order valence-corrected chi connectivity index (χ3v) is 12.7. The maximum absolute atomic E-state index is 12.2. The van der Waals surface area contributed by atoms with E-state index < -0.39 is 32.5 Å². The standard InChI is InChI=1S/C29H34N2O6Si/c1-28(2,3)38(19-12-8-6-9-13-19,20-14-10-7-11-15-20)33-18-21-23-24-25(37-29(4,5)36-24)26(35-23)31-17-16-22(32)30-27(31)34-21/h6-17,21,23-26H,18H2,1-5H3/t21-,23+,24+,25+,26+/m0/s1. The van der Waals surface area contributed by atoms with Crippen molar-refractivity contribution in [3.05, 3.63) is 83.3 Å². The maximum Gasteiger partial charge on any atom is 0.302 e. The molecule has 1 aromatic heterocycles. The van der Waals surface area contributed by atoms with Crippen LogP contribution in [0.4, 0.5) is 0 Å². The number of hydrogen-bond acceptors (Lipinski definition) is 7. The van der Waals surface area contributed by atoms with Gasteiger partial charge >= 0.3 is 6.01 Å². The van der Waals surface area contributed by atoms with Gasteiger partial charge in [-0.3, -0.25) is 9.36 Å². The first-order valence-corrected chi connectivity index (χ1v) is 15.0. The average molecular weight is 535 g/mol. The Hall–Kier alpha value is -2.82. The van der Waals surface area contributed by atoms with Gasteiger partial charge in [0.25, 0.3) is 13.9 Å². The van der Waals surface area contributed by atoms with Gasteiger partial charge in [0.15, 0.2) is 18.1 Å². The molecule has 9 heteroatoms. The third kappa shape index (κ3) is 4.13. The fourth-order valence-corrected chi connectivity index (χ4v) is 10.7. The van der Waals surface area contributed by atoms with E-state index >= 15 is 0 Å². The van der Waals surface area contributed by atoms with E-state index in [0.29, 0.717) is 0 Å². The predicted octanol–water partition coefficient (Wildman–Crippen LogP) is 3.00. The van der Waals surface area contributed by atoms with Crippen molar-refractivity contribution in [3.8, 4) is 6.01 Å². The lowest BCUT2D eigenvalue weighted by molar-refractivity contribution is -0.201. The van der Waals surface area contributed by atoms with Crippen molar-refractivity contribution in [2.45, 2.75) is 76.1 Å². The van der Waals surface area contributed by atoms with Crippen LogP contribution in [0.3, 0.4) is 0 Å². The summed E-state index contributed by atoms with van der Waals surface area (Å²) in [6.45, 7) is 10.7. The van der Waals surface area contributed by atoms with Crippen LogP contribution in [0.2, 0.25) is 5.04 Å². The molecule has 4 heterocycles. The zero-order valence-corrected chi connectivity index (χ0v) is 23.4. The molecule has 0 amide bonds. The summed E-state index contributed by atoms with van der Waals surface area (Å²) in [7, 11) is -2.84. The van der Waals surface area contributed by atoms with Crippen LogP contribution in [0.5, 0.6) is 6.01 Å². The summed E-state index contributed by atoms with van der Waals surface area (Å²) in [6, 6.07) is 22.5. The summed E-state index contributed by atoms with van der Waals surface area (Å²) < 4.78 is 34.4. The molecule has 0 aliphatic carbocycles. The molecular formula is C29H34N2O6Si. The number of nitrogens with zero attached hydrogens (tertiary/aromatic N) is 2. The van der Waals surface area contributed by atoms with E-state index in [1.807, 2.05) is 26.0 Å². The fourth-order valence-electron chi connectivity index (χ4n) is 6.11. The summed E-state index contributed by atoms with van der Waals surface area (Å²) in [4.78, 5) is 16.4. The van der Waals surface area contributed by atoms with Gasteiger partial charge in [-0.25, -0.2) is 0 Å². The van der Waals surface area contributed by atoms with Crippen LogP contribution < -0.4 is 20.7 Å². The van der Waals surface area contributed by atoms with Gasteiger partial charge in [0.2, 0.25) is 0 Å². The lowest BCUT2D eigenvalue weighted by Crippen LogP contribution is -2.67. The molecular weight excluding hydrogens is 500 g/mol. The molecule has 0 spiro atoms. The Labute approximate surface area is 223 Å². The van der Waals surface area contributed by atoms with Crippen LogP contribution in [0.1, 0.15) is 40.8 Å².